The van der Waals surface area contributed by atoms with Crippen molar-refractivity contribution in [3.05, 3.63) is 66.0 Å². The molecule has 6 heteroatoms. The molecule has 0 fully saturated rings. The molecule has 24 heavy (non-hydrogen) atoms. The molecule has 0 atom stereocenters. The van der Waals surface area contributed by atoms with E-state index in [4.69, 9.17) is 4.74 Å². The van der Waals surface area contributed by atoms with Crippen LogP contribution in [-0.4, -0.2) is 27.5 Å². The van der Waals surface area contributed by atoms with Gasteiger partial charge in [0.1, 0.15) is 5.75 Å². The smallest absolute Gasteiger partial charge is 0.262 e. The van der Waals surface area contributed by atoms with Gasteiger partial charge in [-0.05, 0) is 55.8 Å². The number of nitrogens with one attached hydrogen (secondary N) is 1. The van der Waals surface area contributed by atoms with Crippen molar-refractivity contribution in [1.82, 2.24) is 15.0 Å². The molecule has 0 aliphatic rings. The molecule has 0 unspecified atom stereocenters. The SMILES string of the molecule is Cc1cccc(OCC(=O)Nc2ccc(-n3nncc3C)cc2)c1. The van der Waals surface area contributed by atoms with Crippen LogP contribution in [0.25, 0.3) is 5.69 Å². The van der Waals surface area contributed by atoms with Crippen LogP contribution < -0.4 is 10.1 Å². The van der Waals surface area contributed by atoms with Crippen LogP contribution in [0.5, 0.6) is 5.75 Å². The summed E-state index contributed by atoms with van der Waals surface area (Å²) in [7, 11) is 0. The molecule has 1 amide bonds. The summed E-state index contributed by atoms with van der Waals surface area (Å²) in [4.78, 5) is 12.0. The highest BCUT2D eigenvalue weighted by molar-refractivity contribution is 5.91. The zero-order chi connectivity index (χ0) is 16.9. The highest BCUT2D eigenvalue weighted by atomic mass is 16.5. The van der Waals surface area contributed by atoms with Gasteiger partial charge in [0.2, 0.25) is 0 Å². The van der Waals surface area contributed by atoms with Gasteiger partial charge in [-0.1, -0.05) is 17.3 Å². The number of carbonyl (C=O) groups excluding carboxylic acids is 1. The van der Waals surface area contributed by atoms with Gasteiger partial charge in [0.05, 0.1) is 17.6 Å². The zero-order valence-corrected chi connectivity index (χ0v) is 13.6. The molecule has 0 radical (unpaired) electrons. The molecule has 3 rings (SSSR count). The fraction of sp³-hybridized carbons (Fsp3) is 0.167. The van der Waals surface area contributed by atoms with Gasteiger partial charge in [-0.15, -0.1) is 5.10 Å². The molecule has 6 nitrogen and oxygen atoms in total. The molecule has 0 aliphatic carbocycles. The predicted octanol–water partition coefficient (Wildman–Crippen LogP) is 2.90. The Labute approximate surface area is 140 Å². The lowest BCUT2D eigenvalue weighted by Gasteiger charge is -2.09. The van der Waals surface area contributed by atoms with E-state index >= 15 is 0 Å². The van der Waals surface area contributed by atoms with Gasteiger partial charge in [-0.25, -0.2) is 4.68 Å². The van der Waals surface area contributed by atoms with Crippen LogP contribution in [0.3, 0.4) is 0 Å². The largest absolute Gasteiger partial charge is 0.484 e. The summed E-state index contributed by atoms with van der Waals surface area (Å²) in [6.07, 6.45) is 1.69. The first-order chi connectivity index (χ1) is 11.6. The van der Waals surface area contributed by atoms with E-state index in [9.17, 15) is 4.79 Å². The number of aryl methyl sites for hydroxylation is 2. The summed E-state index contributed by atoms with van der Waals surface area (Å²) in [5, 5.41) is 10.7. The minimum atomic E-state index is -0.207. The van der Waals surface area contributed by atoms with Gasteiger partial charge in [0.15, 0.2) is 6.61 Å². The highest BCUT2D eigenvalue weighted by Crippen LogP contribution is 2.15. The minimum absolute atomic E-state index is 0.0343. The van der Waals surface area contributed by atoms with Crippen LogP contribution in [0.2, 0.25) is 0 Å². The van der Waals surface area contributed by atoms with E-state index in [2.05, 4.69) is 15.6 Å². The predicted molar refractivity (Wildman–Crippen MR) is 91.4 cm³/mol. The molecule has 122 valence electrons. The van der Waals surface area contributed by atoms with Crippen molar-refractivity contribution in [2.24, 2.45) is 0 Å². The molecule has 0 bridgehead atoms. The number of amides is 1. The van der Waals surface area contributed by atoms with E-state index in [1.54, 1.807) is 10.9 Å². The molecule has 0 aliphatic heterocycles. The summed E-state index contributed by atoms with van der Waals surface area (Å²) in [6, 6.07) is 15.0. The van der Waals surface area contributed by atoms with Crippen molar-refractivity contribution in [3.8, 4) is 11.4 Å². The second-order valence-corrected chi connectivity index (χ2v) is 5.49. The number of benzene rings is 2. The maximum absolute atomic E-state index is 12.0. The second-order valence-electron chi connectivity index (χ2n) is 5.49. The van der Waals surface area contributed by atoms with Crippen LogP contribution in [0.15, 0.2) is 54.7 Å². The molecule has 1 heterocycles. The fourth-order valence-corrected chi connectivity index (χ4v) is 2.28. The molecule has 3 aromatic rings. The number of nitrogens with zero attached hydrogens (tertiary/aromatic N) is 3. The molecular weight excluding hydrogens is 304 g/mol. The van der Waals surface area contributed by atoms with E-state index in [0.717, 1.165) is 16.9 Å². The van der Waals surface area contributed by atoms with E-state index < -0.39 is 0 Å². The topological polar surface area (TPSA) is 69.0 Å². The van der Waals surface area contributed by atoms with Gasteiger partial charge >= 0.3 is 0 Å². The first-order valence-electron chi connectivity index (χ1n) is 7.59. The fourth-order valence-electron chi connectivity index (χ4n) is 2.28. The van der Waals surface area contributed by atoms with Gasteiger partial charge in [-0.3, -0.25) is 4.79 Å². The number of rotatable bonds is 5. The lowest BCUT2D eigenvalue weighted by atomic mass is 10.2. The summed E-state index contributed by atoms with van der Waals surface area (Å²) < 4.78 is 7.21. The average Bonchev–Trinajstić information content (AvgIpc) is 3.00. The van der Waals surface area contributed by atoms with Crippen LogP contribution >= 0.6 is 0 Å². The Hall–Kier alpha value is -3.15. The Morgan fingerprint density at radius 1 is 1.17 bits per heavy atom. The van der Waals surface area contributed by atoms with Crippen LogP contribution in [0, 0.1) is 13.8 Å². The lowest BCUT2D eigenvalue weighted by Crippen LogP contribution is -2.20. The number of hydrogen-bond acceptors (Lipinski definition) is 4. The molecule has 1 N–H and O–H groups in total. The average molecular weight is 322 g/mol. The summed E-state index contributed by atoms with van der Waals surface area (Å²) >= 11 is 0. The van der Waals surface area contributed by atoms with Crippen molar-refractivity contribution >= 4 is 11.6 Å². The van der Waals surface area contributed by atoms with Crippen molar-refractivity contribution < 1.29 is 9.53 Å². The third-order valence-corrected chi connectivity index (χ3v) is 3.47. The van der Waals surface area contributed by atoms with Crippen molar-refractivity contribution in [3.63, 3.8) is 0 Å². The summed E-state index contributed by atoms with van der Waals surface area (Å²) in [6.45, 7) is 3.87. The number of aromatic nitrogens is 3. The molecule has 0 saturated heterocycles. The van der Waals surface area contributed by atoms with Gasteiger partial charge in [0.25, 0.3) is 5.91 Å². The quantitative estimate of drug-likeness (QED) is 0.784. The van der Waals surface area contributed by atoms with E-state index in [0.29, 0.717) is 11.4 Å². The van der Waals surface area contributed by atoms with Crippen LogP contribution in [-0.2, 0) is 4.79 Å². The molecule has 1 aromatic heterocycles. The number of ether oxygens (including phenoxy) is 1. The maximum atomic E-state index is 12.0. The standard InChI is InChI=1S/C18H18N4O2/c1-13-4-3-5-17(10-13)24-12-18(23)20-15-6-8-16(9-7-15)22-14(2)11-19-21-22/h3-11H,12H2,1-2H3,(H,20,23). The number of anilines is 1. The van der Waals surface area contributed by atoms with Gasteiger partial charge < -0.3 is 10.1 Å². The Bertz CT molecular complexity index is 840. The highest BCUT2D eigenvalue weighted by Gasteiger charge is 2.06. The summed E-state index contributed by atoms with van der Waals surface area (Å²) in [5.41, 5.74) is 3.62. The molecule has 2 aromatic carbocycles. The molecular formula is C18H18N4O2. The van der Waals surface area contributed by atoms with E-state index in [-0.39, 0.29) is 12.5 Å². The Balaban J connectivity index is 1.57. The Kier molecular flexibility index (Phi) is 4.56. The minimum Gasteiger partial charge on any atom is -0.484 e. The van der Waals surface area contributed by atoms with Crippen molar-refractivity contribution in [2.75, 3.05) is 11.9 Å². The molecule has 0 spiro atoms. The normalized spacial score (nSPS) is 10.4. The maximum Gasteiger partial charge on any atom is 0.262 e. The monoisotopic (exact) mass is 322 g/mol. The molecule has 0 saturated carbocycles. The number of hydrogen-bond donors (Lipinski definition) is 1. The second kappa shape index (κ2) is 6.95. The van der Waals surface area contributed by atoms with Crippen LogP contribution in [0.4, 0.5) is 5.69 Å². The van der Waals surface area contributed by atoms with E-state index in [1.807, 2.05) is 62.4 Å². The van der Waals surface area contributed by atoms with Crippen molar-refractivity contribution in [1.29, 1.82) is 0 Å². The first kappa shape index (κ1) is 15.7. The van der Waals surface area contributed by atoms with Gasteiger partial charge in [0, 0.05) is 5.69 Å². The van der Waals surface area contributed by atoms with Gasteiger partial charge in [-0.2, -0.15) is 0 Å². The van der Waals surface area contributed by atoms with E-state index in [1.165, 1.54) is 0 Å². The van der Waals surface area contributed by atoms with Crippen LogP contribution in [0.1, 0.15) is 11.3 Å². The summed E-state index contributed by atoms with van der Waals surface area (Å²) in [5.74, 6) is 0.475. The lowest BCUT2D eigenvalue weighted by molar-refractivity contribution is -0.118. The third-order valence-electron chi connectivity index (χ3n) is 3.47. The Morgan fingerprint density at radius 2 is 1.96 bits per heavy atom. The first-order valence-corrected chi connectivity index (χ1v) is 7.59. The zero-order valence-electron chi connectivity index (χ0n) is 13.6. The number of carbonyl (C=O) groups is 1. The Morgan fingerprint density at radius 3 is 2.62 bits per heavy atom. The van der Waals surface area contributed by atoms with Crippen molar-refractivity contribution in [2.45, 2.75) is 13.8 Å². The third kappa shape index (κ3) is 3.78.